The summed E-state index contributed by atoms with van der Waals surface area (Å²) >= 11 is 0. The molecule has 1 aromatic rings. The van der Waals surface area contributed by atoms with E-state index in [1.54, 1.807) is 19.9 Å². The molecule has 0 spiro atoms. The van der Waals surface area contributed by atoms with Gasteiger partial charge in [-0.15, -0.1) is 13.2 Å². The van der Waals surface area contributed by atoms with Crippen molar-refractivity contribution in [1.82, 2.24) is 0 Å². The lowest BCUT2D eigenvalue weighted by atomic mass is 9.84. The van der Waals surface area contributed by atoms with E-state index in [0.717, 1.165) is 0 Å². The average Bonchev–Trinajstić information content (AvgIpc) is 2.27. The maximum Gasteiger partial charge on any atom is 0.573 e. The highest BCUT2D eigenvalue weighted by Gasteiger charge is 2.35. The molecule has 0 fully saturated rings. The van der Waals surface area contributed by atoms with E-state index in [2.05, 4.69) is 4.74 Å². The van der Waals surface area contributed by atoms with Crippen molar-refractivity contribution in [2.45, 2.75) is 25.8 Å². The topological polar surface area (TPSA) is 38.7 Å². The Balaban J connectivity index is 3.09. The number of aliphatic hydroxyl groups is 1. The van der Waals surface area contributed by atoms with Crippen LogP contribution in [-0.2, 0) is 10.3 Å². The van der Waals surface area contributed by atoms with Gasteiger partial charge in [-0.2, -0.15) is 0 Å². The number of benzene rings is 1. The van der Waals surface area contributed by atoms with Crippen molar-refractivity contribution in [3.8, 4) is 5.75 Å². The summed E-state index contributed by atoms with van der Waals surface area (Å²) in [6.45, 7) is 3.51. The van der Waals surface area contributed by atoms with Crippen molar-refractivity contribution >= 4 is 0 Å². The smallest absolute Gasteiger partial charge is 0.406 e. The largest absolute Gasteiger partial charge is 0.573 e. The van der Waals surface area contributed by atoms with Crippen LogP contribution in [0.2, 0.25) is 0 Å². The SMILES string of the molecule is COCC(O)(c1cccc(OC(F)(F)F)c1)C(C)C. The molecule has 6 heteroatoms. The molecular weight excluding hydrogens is 261 g/mol. The first-order chi connectivity index (χ1) is 8.69. The second-order valence-electron chi connectivity index (χ2n) is 4.59. The van der Waals surface area contributed by atoms with Gasteiger partial charge in [0, 0.05) is 7.11 Å². The summed E-state index contributed by atoms with van der Waals surface area (Å²) in [5.74, 6) is -0.589. The lowest BCUT2D eigenvalue weighted by Crippen LogP contribution is -2.37. The van der Waals surface area contributed by atoms with Crippen LogP contribution < -0.4 is 4.74 Å². The number of ether oxygens (including phenoxy) is 2. The first kappa shape index (κ1) is 15.8. The molecule has 19 heavy (non-hydrogen) atoms. The molecule has 0 amide bonds. The second-order valence-corrected chi connectivity index (χ2v) is 4.59. The maximum atomic E-state index is 12.2. The van der Waals surface area contributed by atoms with Crippen LogP contribution in [-0.4, -0.2) is 25.2 Å². The monoisotopic (exact) mass is 278 g/mol. The highest BCUT2D eigenvalue weighted by molar-refractivity contribution is 5.33. The normalized spacial score (nSPS) is 15.4. The van der Waals surface area contributed by atoms with E-state index in [9.17, 15) is 18.3 Å². The molecule has 1 N–H and O–H groups in total. The van der Waals surface area contributed by atoms with Gasteiger partial charge in [0.05, 0.1) is 6.61 Å². The Kier molecular flexibility index (Phi) is 4.81. The number of hydrogen-bond donors (Lipinski definition) is 1. The fraction of sp³-hybridized carbons (Fsp3) is 0.538. The number of methoxy groups -OCH3 is 1. The predicted molar refractivity (Wildman–Crippen MR) is 63.7 cm³/mol. The van der Waals surface area contributed by atoms with Crippen LogP contribution in [0.1, 0.15) is 19.4 Å². The van der Waals surface area contributed by atoms with E-state index in [0.29, 0.717) is 5.56 Å². The van der Waals surface area contributed by atoms with Gasteiger partial charge in [-0.05, 0) is 23.6 Å². The summed E-state index contributed by atoms with van der Waals surface area (Å²) in [5.41, 5.74) is -1.04. The number of hydrogen-bond acceptors (Lipinski definition) is 3. The minimum atomic E-state index is -4.75. The van der Waals surface area contributed by atoms with Gasteiger partial charge >= 0.3 is 6.36 Å². The highest BCUT2D eigenvalue weighted by Crippen LogP contribution is 2.33. The van der Waals surface area contributed by atoms with Crippen molar-refractivity contribution in [3.05, 3.63) is 29.8 Å². The molecule has 1 atom stereocenters. The van der Waals surface area contributed by atoms with E-state index in [4.69, 9.17) is 4.74 Å². The zero-order chi connectivity index (χ0) is 14.7. The lowest BCUT2D eigenvalue weighted by molar-refractivity contribution is -0.274. The molecule has 0 aliphatic rings. The molecule has 0 heterocycles. The molecule has 0 saturated carbocycles. The summed E-state index contributed by atoms with van der Waals surface area (Å²) in [7, 11) is 1.42. The Hall–Kier alpha value is -1.27. The van der Waals surface area contributed by atoms with Gasteiger partial charge in [-0.1, -0.05) is 26.0 Å². The molecule has 0 bridgehead atoms. The minimum Gasteiger partial charge on any atom is -0.406 e. The standard InChI is InChI=1S/C13H17F3O3/c1-9(2)12(17,8-18-3)10-5-4-6-11(7-10)19-13(14,15)16/h4-7,9,17H,8H2,1-3H3. The van der Waals surface area contributed by atoms with Crippen LogP contribution in [0.5, 0.6) is 5.75 Å². The van der Waals surface area contributed by atoms with Crippen LogP contribution in [0.25, 0.3) is 0 Å². The minimum absolute atomic E-state index is 0.0138. The first-order valence-electron chi connectivity index (χ1n) is 5.76. The third kappa shape index (κ3) is 4.11. The van der Waals surface area contributed by atoms with E-state index in [1.807, 2.05) is 0 Å². The van der Waals surface area contributed by atoms with Gasteiger partial charge in [0.15, 0.2) is 0 Å². The summed E-state index contributed by atoms with van der Waals surface area (Å²) in [6, 6.07) is 5.30. The van der Waals surface area contributed by atoms with Crippen LogP contribution in [0.3, 0.4) is 0 Å². The molecule has 1 aromatic carbocycles. The molecule has 3 nitrogen and oxygen atoms in total. The lowest BCUT2D eigenvalue weighted by Gasteiger charge is -2.32. The Morgan fingerprint density at radius 2 is 1.89 bits per heavy atom. The Bertz CT molecular complexity index is 418. The third-order valence-electron chi connectivity index (χ3n) is 2.89. The van der Waals surface area contributed by atoms with Crippen LogP contribution in [0.15, 0.2) is 24.3 Å². The molecule has 0 aromatic heterocycles. The number of halogens is 3. The molecular formula is C13H17F3O3. The third-order valence-corrected chi connectivity index (χ3v) is 2.89. The van der Waals surface area contributed by atoms with Crippen molar-refractivity contribution < 1.29 is 27.8 Å². The summed E-state index contributed by atoms with van der Waals surface area (Å²) < 4.78 is 45.3. The van der Waals surface area contributed by atoms with Gasteiger partial charge in [-0.3, -0.25) is 0 Å². The molecule has 0 saturated heterocycles. The van der Waals surface area contributed by atoms with Crippen LogP contribution in [0.4, 0.5) is 13.2 Å². The highest BCUT2D eigenvalue weighted by atomic mass is 19.4. The Morgan fingerprint density at radius 1 is 1.26 bits per heavy atom. The van der Waals surface area contributed by atoms with E-state index >= 15 is 0 Å². The van der Waals surface area contributed by atoms with E-state index in [-0.39, 0.29) is 18.3 Å². The number of alkyl halides is 3. The van der Waals surface area contributed by atoms with Crippen molar-refractivity contribution in [2.75, 3.05) is 13.7 Å². The molecule has 108 valence electrons. The van der Waals surface area contributed by atoms with Gasteiger partial charge in [-0.25, -0.2) is 0 Å². The zero-order valence-electron chi connectivity index (χ0n) is 11.0. The molecule has 1 unspecified atom stereocenters. The van der Waals surface area contributed by atoms with E-state index < -0.39 is 12.0 Å². The van der Waals surface area contributed by atoms with Gasteiger partial charge in [0.1, 0.15) is 11.4 Å². The average molecular weight is 278 g/mol. The summed E-state index contributed by atoms with van der Waals surface area (Å²) in [6.07, 6.45) is -4.75. The van der Waals surface area contributed by atoms with Gasteiger partial charge in [0.25, 0.3) is 0 Å². The Labute approximate surface area is 110 Å². The molecule has 1 rings (SSSR count). The molecule has 0 aliphatic heterocycles. The Morgan fingerprint density at radius 3 is 2.37 bits per heavy atom. The summed E-state index contributed by atoms with van der Waals surface area (Å²) in [4.78, 5) is 0. The zero-order valence-corrected chi connectivity index (χ0v) is 11.0. The van der Waals surface area contributed by atoms with Crippen molar-refractivity contribution in [2.24, 2.45) is 5.92 Å². The fourth-order valence-electron chi connectivity index (χ4n) is 1.77. The van der Waals surface area contributed by atoms with Gasteiger partial charge in [0.2, 0.25) is 0 Å². The summed E-state index contributed by atoms with van der Waals surface area (Å²) in [5, 5.41) is 10.5. The van der Waals surface area contributed by atoms with Gasteiger partial charge < -0.3 is 14.6 Å². The van der Waals surface area contributed by atoms with Crippen molar-refractivity contribution in [1.29, 1.82) is 0 Å². The van der Waals surface area contributed by atoms with Crippen LogP contribution in [0, 0.1) is 5.92 Å². The van der Waals surface area contributed by atoms with Crippen LogP contribution >= 0.6 is 0 Å². The maximum absolute atomic E-state index is 12.2. The van der Waals surface area contributed by atoms with Crippen molar-refractivity contribution in [3.63, 3.8) is 0 Å². The predicted octanol–water partition coefficient (Wildman–Crippen LogP) is 3.08. The quantitative estimate of drug-likeness (QED) is 0.899. The fourth-order valence-corrected chi connectivity index (χ4v) is 1.77. The van der Waals surface area contributed by atoms with E-state index in [1.165, 1.54) is 25.3 Å². The first-order valence-corrected chi connectivity index (χ1v) is 5.76. The number of rotatable bonds is 5. The molecule has 0 aliphatic carbocycles. The molecule has 0 radical (unpaired) electrons. The second kappa shape index (κ2) is 5.79.